The zero-order valence-electron chi connectivity index (χ0n) is 10.6. The average Bonchev–Trinajstić information content (AvgIpc) is 2.98. The van der Waals surface area contributed by atoms with E-state index in [1.54, 1.807) is 6.92 Å². The molecule has 104 valence electrons. The van der Waals surface area contributed by atoms with Gasteiger partial charge in [-0.25, -0.2) is 4.79 Å². The third-order valence-corrected chi connectivity index (χ3v) is 5.45. The molecule has 1 unspecified atom stereocenters. The second-order valence-corrected chi connectivity index (χ2v) is 7.44. The van der Waals surface area contributed by atoms with Crippen LogP contribution in [-0.4, -0.2) is 22.5 Å². The SMILES string of the molecule is CC(C(=O)NC1(C(=O)O)CCCC1)c1ccc(Br)s1. The summed E-state index contributed by atoms with van der Waals surface area (Å²) in [5, 5.41) is 12.1. The van der Waals surface area contributed by atoms with Gasteiger partial charge in [0.15, 0.2) is 0 Å². The molecule has 1 fully saturated rings. The maximum atomic E-state index is 12.2. The first-order chi connectivity index (χ1) is 8.94. The lowest BCUT2D eigenvalue weighted by atomic mass is 9.96. The lowest BCUT2D eigenvalue weighted by Gasteiger charge is -2.26. The van der Waals surface area contributed by atoms with Crippen LogP contribution >= 0.6 is 27.3 Å². The Morgan fingerprint density at radius 3 is 2.53 bits per heavy atom. The Balaban J connectivity index is 2.09. The molecule has 0 spiro atoms. The van der Waals surface area contributed by atoms with Gasteiger partial charge in [-0.15, -0.1) is 11.3 Å². The number of carboxylic acids is 1. The highest BCUT2D eigenvalue weighted by molar-refractivity contribution is 9.11. The first-order valence-corrected chi connectivity index (χ1v) is 7.86. The van der Waals surface area contributed by atoms with Gasteiger partial charge in [-0.05, 0) is 47.8 Å². The van der Waals surface area contributed by atoms with Crippen LogP contribution < -0.4 is 5.32 Å². The zero-order chi connectivity index (χ0) is 14.0. The second-order valence-electron chi connectivity index (χ2n) is 4.95. The summed E-state index contributed by atoms with van der Waals surface area (Å²) in [4.78, 5) is 24.6. The molecule has 1 aromatic heterocycles. The number of carboxylic acid groups (broad SMARTS) is 1. The van der Waals surface area contributed by atoms with Crippen LogP contribution in [0, 0.1) is 0 Å². The van der Waals surface area contributed by atoms with E-state index in [1.807, 2.05) is 12.1 Å². The molecule has 0 aromatic carbocycles. The number of aliphatic carboxylic acids is 1. The van der Waals surface area contributed by atoms with E-state index in [1.165, 1.54) is 11.3 Å². The molecule has 1 atom stereocenters. The summed E-state index contributed by atoms with van der Waals surface area (Å²) in [5.41, 5.74) is -1.06. The molecule has 2 N–H and O–H groups in total. The average molecular weight is 346 g/mol. The number of halogens is 1. The van der Waals surface area contributed by atoms with Crippen molar-refractivity contribution in [3.8, 4) is 0 Å². The van der Waals surface area contributed by atoms with Crippen molar-refractivity contribution >= 4 is 39.1 Å². The minimum absolute atomic E-state index is 0.210. The first kappa shape index (κ1) is 14.5. The molecule has 0 radical (unpaired) electrons. The molecule has 1 amide bonds. The van der Waals surface area contributed by atoms with Gasteiger partial charge in [0.2, 0.25) is 5.91 Å². The molecule has 1 aliphatic rings. The second kappa shape index (κ2) is 5.63. The molecule has 0 saturated heterocycles. The molecule has 19 heavy (non-hydrogen) atoms. The molecule has 1 heterocycles. The number of amides is 1. The van der Waals surface area contributed by atoms with Crippen molar-refractivity contribution in [3.05, 3.63) is 20.8 Å². The van der Waals surface area contributed by atoms with Crippen LogP contribution in [0.3, 0.4) is 0 Å². The van der Waals surface area contributed by atoms with Gasteiger partial charge in [-0.3, -0.25) is 4.79 Å². The number of hydrogen-bond acceptors (Lipinski definition) is 3. The Hall–Kier alpha value is -0.880. The summed E-state index contributed by atoms with van der Waals surface area (Å²) < 4.78 is 0.968. The molecule has 2 rings (SSSR count). The standard InChI is InChI=1S/C13H16BrNO3S/c1-8(9-4-5-10(14)19-9)11(16)15-13(12(17)18)6-2-3-7-13/h4-5,8H,2-3,6-7H2,1H3,(H,15,16)(H,17,18). The van der Waals surface area contributed by atoms with Gasteiger partial charge in [0, 0.05) is 4.88 Å². The monoisotopic (exact) mass is 345 g/mol. The molecular formula is C13H16BrNO3S. The first-order valence-electron chi connectivity index (χ1n) is 6.25. The molecule has 0 aliphatic heterocycles. The smallest absolute Gasteiger partial charge is 0.329 e. The van der Waals surface area contributed by atoms with Gasteiger partial charge in [0.05, 0.1) is 9.70 Å². The topological polar surface area (TPSA) is 66.4 Å². The van der Waals surface area contributed by atoms with Crippen LogP contribution in [0.5, 0.6) is 0 Å². The Kier molecular flexibility index (Phi) is 4.30. The van der Waals surface area contributed by atoms with Crippen molar-refractivity contribution < 1.29 is 14.7 Å². The van der Waals surface area contributed by atoms with E-state index in [9.17, 15) is 14.7 Å². The van der Waals surface area contributed by atoms with Crippen LogP contribution in [0.4, 0.5) is 0 Å². The Morgan fingerprint density at radius 2 is 2.05 bits per heavy atom. The third kappa shape index (κ3) is 3.00. The highest BCUT2D eigenvalue weighted by atomic mass is 79.9. The van der Waals surface area contributed by atoms with Gasteiger partial charge in [0.1, 0.15) is 5.54 Å². The quantitative estimate of drug-likeness (QED) is 0.880. The van der Waals surface area contributed by atoms with Crippen molar-refractivity contribution in [2.24, 2.45) is 0 Å². The minimum Gasteiger partial charge on any atom is -0.480 e. The normalized spacial score (nSPS) is 19.1. The number of thiophene rings is 1. The summed E-state index contributed by atoms with van der Waals surface area (Å²) in [5.74, 6) is -1.45. The van der Waals surface area contributed by atoms with Gasteiger partial charge in [-0.2, -0.15) is 0 Å². The van der Waals surface area contributed by atoms with Crippen molar-refractivity contribution in [3.63, 3.8) is 0 Å². The Labute approximate surface area is 124 Å². The van der Waals surface area contributed by atoms with E-state index in [0.717, 1.165) is 21.5 Å². The van der Waals surface area contributed by atoms with Gasteiger partial charge < -0.3 is 10.4 Å². The molecule has 1 aromatic rings. The van der Waals surface area contributed by atoms with E-state index in [2.05, 4.69) is 21.2 Å². The fourth-order valence-corrected chi connectivity index (χ4v) is 3.88. The van der Waals surface area contributed by atoms with Gasteiger partial charge >= 0.3 is 5.97 Å². The summed E-state index contributed by atoms with van der Waals surface area (Å²) in [7, 11) is 0. The highest BCUT2D eigenvalue weighted by Gasteiger charge is 2.43. The number of carbonyl (C=O) groups excluding carboxylic acids is 1. The van der Waals surface area contributed by atoms with E-state index in [4.69, 9.17) is 0 Å². The molecule has 1 saturated carbocycles. The highest BCUT2D eigenvalue weighted by Crippen LogP contribution is 2.32. The molecule has 0 bridgehead atoms. The van der Waals surface area contributed by atoms with Crippen molar-refractivity contribution in [2.75, 3.05) is 0 Å². The van der Waals surface area contributed by atoms with E-state index >= 15 is 0 Å². The Morgan fingerprint density at radius 1 is 1.42 bits per heavy atom. The fourth-order valence-electron chi connectivity index (χ4n) is 2.41. The number of carbonyl (C=O) groups is 2. The van der Waals surface area contributed by atoms with Crippen LogP contribution in [0.1, 0.15) is 43.4 Å². The van der Waals surface area contributed by atoms with Crippen LogP contribution in [0.25, 0.3) is 0 Å². The van der Waals surface area contributed by atoms with Crippen LogP contribution in [0.15, 0.2) is 15.9 Å². The van der Waals surface area contributed by atoms with Crippen molar-refractivity contribution in [2.45, 2.75) is 44.1 Å². The number of rotatable bonds is 4. The van der Waals surface area contributed by atoms with Crippen LogP contribution in [0.2, 0.25) is 0 Å². The van der Waals surface area contributed by atoms with Crippen LogP contribution in [-0.2, 0) is 9.59 Å². The van der Waals surface area contributed by atoms with Crippen molar-refractivity contribution in [1.29, 1.82) is 0 Å². The van der Waals surface area contributed by atoms with E-state index in [-0.39, 0.29) is 11.8 Å². The lowest BCUT2D eigenvalue weighted by molar-refractivity contribution is -0.147. The summed E-state index contributed by atoms with van der Waals surface area (Å²) in [6, 6.07) is 3.79. The largest absolute Gasteiger partial charge is 0.480 e. The summed E-state index contributed by atoms with van der Waals surface area (Å²) in [6.45, 7) is 1.80. The Bertz CT molecular complexity index is 494. The fraction of sp³-hybridized carbons (Fsp3) is 0.538. The minimum atomic E-state index is -1.06. The third-order valence-electron chi connectivity index (χ3n) is 3.64. The van der Waals surface area contributed by atoms with Gasteiger partial charge in [0.25, 0.3) is 0 Å². The predicted molar refractivity (Wildman–Crippen MR) is 77.4 cm³/mol. The molecule has 6 heteroatoms. The number of hydrogen-bond donors (Lipinski definition) is 2. The van der Waals surface area contributed by atoms with E-state index in [0.29, 0.717) is 12.8 Å². The zero-order valence-corrected chi connectivity index (χ0v) is 13.0. The van der Waals surface area contributed by atoms with E-state index < -0.39 is 11.5 Å². The predicted octanol–water partition coefficient (Wildman–Crippen LogP) is 3.13. The van der Waals surface area contributed by atoms with Crippen molar-refractivity contribution in [1.82, 2.24) is 5.32 Å². The molecule has 4 nitrogen and oxygen atoms in total. The summed E-state index contributed by atoms with van der Waals surface area (Å²) in [6.07, 6.45) is 2.75. The summed E-state index contributed by atoms with van der Waals surface area (Å²) >= 11 is 4.86. The number of nitrogens with one attached hydrogen (secondary N) is 1. The molecule has 1 aliphatic carbocycles. The maximum Gasteiger partial charge on any atom is 0.329 e. The molecular weight excluding hydrogens is 330 g/mol. The maximum absolute atomic E-state index is 12.2. The lowest BCUT2D eigenvalue weighted by Crippen LogP contribution is -2.53. The van der Waals surface area contributed by atoms with Gasteiger partial charge in [-0.1, -0.05) is 12.8 Å².